The number of benzene rings is 1. The Bertz CT molecular complexity index is 540. The van der Waals surface area contributed by atoms with E-state index in [9.17, 15) is 4.79 Å². The maximum Gasteiger partial charge on any atom is 0.337 e. The van der Waals surface area contributed by atoms with Gasteiger partial charge in [-0.3, -0.25) is 4.98 Å². The second-order valence-electron chi connectivity index (χ2n) is 3.43. The van der Waals surface area contributed by atoms with Gasteiger partial charge in [-0.05, 0) is 23.8 Å². The molecule has 0 amide bonds. The van der Waals surface area contributed by atoms with Crippen LogP contribution >= 0.6 is 15.9 Å². The summed E-state index contributed by atoms with van der Waals surface area (Å²) in [5.41, 5.74) is 2.51. The van der Waals surface area contributed by atoms with Crippen LogP contribution in [0.4, 0.5) is 0 Å². The van der Waals surface area contributed by atoms with Crippen LogP contribution in [0, 0.1) is 0 Å². The van der Waals surface area contributed by atoms with E-state index in [1.165, 1.54) is 7.11 Å². The number of nitrogens with zero attached hydrogens (tertiary/aromatic N) is 1. The number of hydrogen-bond donors (Lipinski definition) is 0. The Morgan fingerprint density at radius 3 is 2.76 bits per heavy atom. The van der Waals surface area contributed by atoms with Gasteiger partial charge in [-0.25, -0.2) is 4.79 Å². The SMILES string of the molecule is COC(=O)c1ccc(-c2cccnc2)c(Br)c1. The summed E-state index contributed by atoms with van der Waals surface area (Å²) in [7, 11) is 1.37. The number of halogens is 1. The molecule has 2 rings (SSSR count). The van der Waals surface area contributed by atoms with E-state index in [0.29, 0.717) is 5.56 Å². The van der Waals surface area contributed by atoms with Gasteiger partial charge in [-0.15, -0.1) is 0 Å². The molecule has 0 aliphatic heterocycles. The third kappa shape index (κ3) is 2.53. The summed E-state index contributed by atoms with van der Waals surface area (Å²) in [5, 5.41) is 0. The van der Waals surface area contributed by atoms with Crippen molar-refractivity contribution in [2.45, 2.75) is 0 Å². The third-order valence-electron chi connectivity index (χ3n) is 2.36. The van der Waals surface area contributed by atoms with E-state index in [1.807, 2.05) is 18.2 Å². The molecule has 86 valence electrons. The van der Waals surface area contributed by atoms with E-state index >= 15 is 0 Å². The van der Waals surface area contributed by atoms with Gasteiger partial charge in [-0.2, -0.15) is 0 Å². The first-order valence-electron chi connectivity index (χ1n) is 5.00. The number of aromatic nitrogens is 1. The Morgan fingerprint density at radius 1 is 1.35 bits per heavy atom. The summed E-state index contributed by atoms with van der Waals surface area (Å²) >= 11 is 3.45. The van der Waals surface area contributed by atoms with Gasteiger partial charge in [0, 0.05) is 22.4 Å². The molecule has 0 bridgehead atoms. The fourth-order valence-electron chi connectivity index (χ4n) is 1.52. The fraction of sp³-hybridized carbons (Fsp3) is 0.0769. The highest BCUT2D eigenvalue weighted by molar-refractivity contribution is 9.10. The minimum Gasteiger partial charge on any atom is -0.465 e. The lowest BCUT2D eigenvalue weighted by Crippen LogP contribution is -2.00. The zero-order valence-corrected chi connectivity index (χ0v) is 10.8. The van der Waals surface area contributed by atoms with Crippen molar-refractivity contribution >= 4 is 21.9 Å². The van der Waals surface area contributed by atoms with Gasteiger partial charge >= 0.3 is 5.97 Å². The van der Waals surface area contributed by atoms with Crippen molar-refractivity contribution in [3.05, 3.63) is 52.8 Å². The quantitative estimate of drug-likeness (QED) is 0.797. The minimum atomic E-state index is -0.344. The van der Waals surface area contributed by atoms with Crippen LogP contribution in [0.3, 0.4) is 0 Å². The molecule has 0 saturated carbocycles. The predicted octanol–water partition coefficient (Wildman–Crippen LogP) is 3.30. The van der Waals surface area contributed by atoms with E-state index in [4.69, 9.17) is 0 Å². The number of rotatable bonds is 2. The third-order valence-corrected chi connectivity index (χ3v) is 3.02. The largest absolute Gasteiger partial charge is 0.465 e. The van der Waals surface area contributed by atoms with Crippen LogP contribution in [-0.2, 0) is 4.74 Å². The van der Waals surface area contributed by atoms with Crippen LogP contribution in [0.2, 0.25) is 0 Å². The van der Waals surface area contributed by atoms with Gasteiger partial charge in [0.05, 0.1) is 12.7 Å². The van der Waals surface area contributed by atoms with Gasteiger partial charge in [0.25, 0.3) is 0 Å². The average Bonchev–Trinajstić information content (AvgIpc) is 2.38. The summed E-state index contributed by atoms with van der Waals surface area (Å²) in [5.74, 6) is -0.344. The van der Waals surface area contributed by atoms with Gasteiger partial charge < -0.3 is 4.74 Å². The van der Waals surface area contributed by atoms with Crippen LogP contribution in [0.1, 0.15) is 10.4 Å². The van der Waals surface area contributed by atoms with Gasteiger partial charge in [-0.1, -0.05) is 28.1 Å². The number of carbonyl (C=O) groups is 1. The maximum atomic E-state index is 11.4. The molecule has 0 atom stereocenters. The van der Waals surface area contributed by atoms with Crippen molar-refractivity contribution in [3.8, 4) is 11.1 Å². The molecule has 0 radical (unpaired) electrons. The van der Waals surface area contributed by atoms with Crippen LogP contribution in [0.5, 0.6) is 0 Å². The number of carbonyl (C=O) groups excluding carboxylic acids is 1. The number of ether oxygens (including phenoxy) is 1. The highest BCUT2D eigenvalue weighted by atomic mass is 79.9. The molecule has 0 fully saturated rings. The van der Waals surface area contributed by atoms with E-state index in [-0.39, 0.29) is 5.97 Å². The maximum absolute atomic E-state index is 11.4. The monoisotopic (exact) mass is 291 g/mol. The minimum absolute atomic E-state index is 0.344. The zero-order valence-electron chi connectivity index (χ0n) is 9.18. The molecular weight excluding hydrogens is 282 g/mol. The lowest BCUT2D eigenvalue weighted by Gasteiger charge is -2.06. The summed E-state index contributed by atoms with van der Waals surface area (Å²) in [6, 6.07) is 9.18. The molecule has 0 aliphatic carbocycles. The number of pyridine rings is 1. The van der Waals surface area contributed by atoms with Crippen LogP contribution in [0.25, 0.3) is 11.1 Å². The number of esters is 1. The molecule has 4 heteroatoms. The highest BCUT2D eigenvalue weighted by Crippen LogP contribution is 2.28. The first-order valence-corrected chi connectivity index (χ1v) is 5.80. The molecule has 17 heavy (non-hydrogen) atoms. The Morgan fingerprint density at radius 2 is 2.18 bits per heavy atom. The van der Waals surface area contributed by atoms with Crippen molar-refractivity contribution in [1.82, 2.24) is 4.98 Å². The van der Waals surface area contributed by atoms with Crippen LogP contribution < -0.4 is 0 Å². The second-order valence-corrected chi connectivity index (χ2v) is 4.28. The summed E-state index contributed by atoms with van der Waals surface area (Å²) in [6.45, 7) is 0. The molecule has 1 heterocycles. The molecule has 0 spiro atoms. The molecule has 1 aromatic heterocycles. The predicted molar refractivity (Wildman–Crippen MR) is 68.7 cm³/mol. The van der Waals surface area contributed by atoms with E-state index in [2.05, 4.69) is 25.7 Å². The first-order chi connectivity index (χ1) is 8.22. The molecule has 3 nitrogen and oxygen atoms in total. The Balaban J connectivity index is 2.42. The normalized spacial score (nSPS) is 10.0. The smallest absolute Gasteiger partial charge is 0.337 e. The van der Waals surface area contributed by atoms with Gasteiger partial charge in [0.2, 0.25) is 0 Å². The molecule has 0 saturated heterocycles. The van der Waals surface area contributed by atoms with Crippen molar-refractivity contribution in [1.29, 1.82) is 0 Å². The molecule has 0 N–H and O–H groups in total. The second kappa shape index (κ2) is 5.10. The van der Waals surface area contributed by atoms with Crippen molar-refractivity contribution < 1.29 is 9.53 Å². The summed E-state index contributed by atoms with van der Waals surface area (Å²) < 4.78 is 5.51. The summed E-state index contributed by atoms with van der Waals surface area (Å²) in [6.07, 6.45) is 3.50. The van der Waals surface area contributed by atoms with Gasteiger partial charge in [0.1, 0.15) is 0 Å². The first kappa shape index (κ1) is 11.8. The fourth-order valence-corrected chi connectivity index (χ4v) is 2.12. The van der Waals surface area contributed by atoms with E-state index in [1.54, 1.807) is 24.5 Å². The highest BCUT2D eigenvalue weighted by Gasteiger charge is 2.09. The van der Waals surface area contributed by atoms with Crippen LogP contribution in [-0.4, -0.2) is 18.1 Å². The Kier molecular flexibility index (Phi) is 3.54. The molecule has 1 aromatic carbocycles. The molecule has 2 aromatic rings. The van der Waals surface area contributed by atoms with E-state index in [0.717, 1.165) is 15.6 Å². The van der Waals surface area contributed by atoms with Crippen molar-refractivity contribution in [2.75, 3.05) is 7.11 Å². The Hall–Kier alpha value is -1.68. The number of methoxy groups -OCH3 is 1. The molecular formula is C13H10BrNO2. The lowest BCUT2D eigenvalue weighted by atomic mass is 10.1. The topological polar surface area (TPSA) is 39.2 Å². The Labute approximate surface area is 108 Å². The summed E-state index contributed by atoms with van der Waals surface area (Å²) in [4.78, 5) is 15.4. The van der Waals surface area contributed by atoms with Crippen LogP contribution in [0.15, 0.2) is 47.2 Å². The zero-order chi connectivity index (χ0) is 12.3. The molecule has 0 unspecified atom stereocenters. The average molecular weight is 292 g/mol. The van der Waals surface area contributed by atoms with E-state index < -0.39 is 0 Å². The van der Waals surface area contributed by atoms with Crippen molar-refractivity contribution in [2.24, 2.45) is 0 Å². The lowest BCUT2D eigenvalue weighted by molar-refractivity contribution is 0.0600. The van der Waals surface area contributed by atoms with Gasteiger partial charge in [0.15, 0.2) is 0 Å². The number of hydrogen-bond acceptors (Lipinski definition) is 3. The van der Waals surface area contributed by atoms with Crippen molar-refractivity contribution in [3.63, 3.8) is 0 Å². The molecule has 0 aliphatic rings. The standard InChI is InChI=1S/C13H10BrNO2/c1-17-13(16)9-4-5-11(12(14)7-9)10-3-2-6-15-8-10/h2-8H,1H3.